The Labute approximate surface area is 108 Å². The van der Waals surface area contributed by atoms with E-state index in [2.05, 4.69) is 6.92 Å². The van der Waals surface area contributed by atoms with Crippen molar-refractivity contribution < 1.29 is 4.79 Å². The lowest BCUT2D eigenvalue weighted by molar-refractivity contribution is 0.0697. The van der Waals surface area contributed by atoms with E-state index in [1.54, 1.807) is 0 Å². The molecule has 1 amide bonds. The van der Waals surface area contributed by atoms with Gasteiger partial charge >= 0.3 is 0 Å². The molecule has 1 aromatic carbocycles. The molecule has 17 heavy (non-hydrogen) atoms. The zero-order valence-electron chi connectivity index (χ0n) is 10.2. The van der Waals surface area contributed by atoms with E-state index in [1.807, 2.05) is 29.2 Å². The highest BCUT2D eigenvalue weighted by molar-refractivity contribution is 6.17. The molecule has 0 spiro atoms. The first kappa shape index (κ1) is 12.4. The van der Waals surface area contributed by atoms with Crippen LogP contribution in [0.15, 0.2) is 24.3 Å². The van der Waals surface area contributed by atoms with Gasteiger partial charge in [0.15, 0.2) is 0 Å². The predicted octanol–water partition coefficient (Wildman–Crippen LogP) is 3.30. The number of benzene rings is 1. The number of carbonyl (C=O) groups excluding carboxylic acids is 1. The fourth-order valence-electron chi connectivity index (χ4n) is 2.18. The van der Waals surface area contributed by atoms with E-state index in [0.29, 0.717) is 5.88 Å². The predicted molar refractivity (Wildman–Crippen MR) is 70.3 cm³/mol. The van der Waals surface area contributed by atoms with Gasteiger partial charge in [-0.3, -0.25) is 4.79 Å². The molecule has 1 aliphatic rings. The number of hydrogen-bond acceptors (Lipinski definition) is 1. The summed E-state index contributed by atoms with van der Waals surface area (Å²) in [7, 11) is 0. The van der Waals surface area contributed by atoms with Crippen LogP contribution in [0.3, 0.4) is 0 Å². The summed E-state index contributed by atoms with van der Waals surface area (Å²) < 4.78 is 0. The number of halogens is 1. The van der Waals surface area contributed by atoms with Crippen molar-refractivity contribution in [1.29, 1.82) is 0 Å². The number of nitrogens with zero attached hydrogens (tertiary/aromatic N) is 1. The Kier molecular flexibility index (Phi) is 4.06. The summed E-state index contributed by atoms with van der Waals surface area (Å²) in [6.07, 6.45) is 2.22. The molecule has 1 aliphatic heterocycles. The SMILES string of the molecule is CC1CCN(C(=O)c2cccc(CCl)c2)CC1. The van der Waals surface area contributed by atoms with Gasteiger partial charge in [0.25, 0.3) is 5.91 Å². The Morgan fingerprint density at radius 2 is 2.12 bits per heavy atom. The molecule has 1 heterocycles. The number of amides is 1. The van der Waals surface area contributed by atoms with Crippen molar-refractivity contribution >= 4 is 17.5 Å². The fourth-order valence-corrected chi connectivity index (χ4v) is 2.35. The topological polar surface area (TPSA) is 20.3 Å². The monoisotopic (exact) mass is 251 g/mol. The molecule has 0 aliphatic carbocycles. The van der Waals surface area contributed by atoms with Crippen molar-refractivity contribution in [2.24, 2.45) is 5.92 Å². The number of likely N-dealkylation sites (tertiary alicyclic amines) is 1. The van der Waals surface area contributed by atoms with Crippen LogP contribution in [0.4, 0.5) is 0 Å². The van der Waals surface area contributed by atoms with Crippen LogP contribution in [-0.4, -0.2) is 23.9 Å². The number of hydrogen-bond donors (Lipinski definition) is 0. The Morgan fingerprint density at radius 1 is 1.41 bits per heavy atom. The van der Waals surface area contributed by atoms with Gasteiger partial charge < -0.3 is 4.90 Å². The highest BCUT2D eigenvalue weighted by Gasteiger charge is 2.21. The van der Waals surface area contributed by atoms with Gasteiger partial charge in [0.2, 0.25) is 0 Å². The Balaban J connectivity index is 2.08. The number of carbonyl (C=O) groups is 1. The second-order valence-electron chi connectivity index (χ2n) is 4.81. The second kappa shape index (κ2) is 5.54. The van der Waals surface area contributed by atoms with Crippen molar-refractivity contribution in [3.8, 4) is 0 Å². The molecule has 2 nitrogen and oxygen atoms in total. The lowest BCUT2D eigenvalue weighted by atomic mass is 9.98. The first-order valence-electron chi connectivity index (χ1n) is 6.15. The molecular formula is C14H18ClNO. The molecule has 0 unspecified atom stereocenters. The lowest BCUT2D eigenvalue weighted by Gasteiger charge is -2.30. The minimum absolute atomic E-state index is 0.142. The summed E-state index contributed by atoms with van der Waals surface area (Å²) in [5.74, 6) is 1.34. The van der Waals surface area contributed by atoms with E-state index in [4.69, 9.17) is 11.6 Å². The molecule has 1 aromatic rings. The maximum absolute atomic E-state index is 12.3. The third kappa shape index (κ3) is 3.01. The molecule has 0 atom stereocenters. The van der Waals surface area contributed by atoms with E-state index in [-0.39, 0.29) is 5.91 Å². The standard InChI is InChI=1S/C14H18ClNO/c1-11-5-7-16(8-6-11)14(17)13-4-2-3-12(9-13)10-15/h2-4,9,11H,5-8,10H2,1H3. The average Bonchev–Trinajstić information content (AvgIpc) is 2.39. The van der Waals surface area contributed by atoms with Gasteiger partial charge in [-0.2, -0.15) is 0 Å². The summed E-state index contributed by atoms with van der Waals surface area (Å²) in [6, 6.07) is 7.61. The first-order valence-corrected chi connectivity index (χ1v) is 6.68. The molecule has 1 fully saturated rings. The van der Waals surface area contributed by atoms with Crippen LogP contribution in [0, 0.1) is 5.92 Å². The summed E-state index contributed by atoms with van der Waals surface area (Å²) in [5, 5.41) is 0. The average molecular weight is 252 g/mol. The van der Waals surface area contributed by atoms with Gasteiger partial charge in [-0.1, -0.05) is 19.1 Å². The molecule has 1 saturated heterocycles. The van der Waals surface area contributed by atoms with Crippen LogP contribution in [0.1, 0.15) is 35.7 Å². The first-order chi connectivity index (χ1) is 8.20. The van der Waals surface area contributed by atoms with E-state index >= 15 is 0 Å². The zero-order chi connectivity index (χ0) is 12.3. The molecule has 0 bridgehead atoms. The van der Waals surface area contributed by atoms with E-state index in [9.17, 15) is 4.79 Å². The molecule has 0 radical (unpaired) electrons. The summed E-state index contributed by atoms with van der Waals surface area (Å²) in [5.41, 5.74) is 1.76. The third-order valence-corrected chi connectivity index (χ3v) is 3.71. The fraction of sp³-hybridized carbons (Fsp3) is 0.500. The number of alkyl halides is 1. The van der Waals surface area contributed by atoms with Gasteiger partial charge in [-0.25, -0.2) is 0 Å². The molecule has 0 saturated carbocycles. The maximum atomic E-state index is 12.3. The third-order valence-electron chi connectivity index (χ3n) is 3.40. The largest absolute Gasteiger partial charge is 0.339 e. The second-order valence-corrected chi connectivity index (χ2v) is 5.08. The minimum Gasteiger partial charge on any atom is -0.339 e. The van der Waals surface area contributed by atoms with Gasteiger partial charge in [-0.05, 0) is 36.5 Å². The minimum atomic E-state index is 0.142. The van der Waals surface area contributed by atoms with Gasteiger partial charge in [0, 0.05) is 24.5 Å². The van der Waals surface area contributed by atoms with Crippen molar-refractivity contribution in [1.82, 2.24) is 4.90 Å². The smallest absolute Gasteiger partial charge is 0.253 e. The van der Waals surface area contributed by atoms with E-state index in [1.165, 1.54) is 0 Å². The van der Waals surface area contributed by atoms with Crippen LogP contribution < -0.4 is 0 Å². The Bertz CT molecular complexity index is 397. The quantitative estimate of drug-likeness (QED) is 0.739. The zero-order valence-corrected chi connectivity index (χ0v) is 10.9. The Hall–Kier alpha value is -1.02. The maximum Gasteiger partial charge on any atom is 0.253 e. The molecular weight excluding hydrogens is 234 g/mol. The van der Waals surface area contributed by atoms with Crippen LogP contribution in [0.2, 0.25) is 0 Å². The molecule has 92 valence electrons. The van der Waals surface area contributed by atoms with Crippen molar-refractivity contribution in [2.75, 3.05) is 13.1 Å². The summed E-state index contributed by atoms with van der Waals surface area (Å²) >= 11 is 5.78. The Morgan fingerprint density at radius 3 is 2.76 bits per heavy atom. The highest BCUT2D eigenvalue weighted by atomic mass is 35.5. The van der Waals surface area contributed by atoms with Crippen molar-refractivity contribution in [3.05, 3.63) is 35.4 Å². The molecule has 3 heteroatoms. The normalized spacial score (nSPS) is 17.2. The number of rotatable bonds is 2. The summed E-state index contributed by atoms with van der Waals surface area (Å²) in [4.78, 5) is 14.2. The van der Waals surface area contributed by atoms with Gasteiger partial charge in [-0.15, -0.1) is 11.6 Å². The van der Waals surface area contributed by atoms with Gasteiger partial charge in [0.05, 0.1) is 0 Å². The lowest BCUT2D eigenvalue weighted by Crippen LogP contribution is -2.37. The summed E-state index contributed by atoms with van der Waals surface area (Å²) in [6.45, 7) is 4.01. The van der Waals surface area contributed by atoms with Crippen LogP contribution in [-0.2, 0) is 5.88 Å². The van der Waals surface area contributed by atoms with E-state index < -0.39 is 0 Å². The van der Waals surface area contributed by atoms with Crippen LogP contribution in [0.5, 0.6) is 0 Å². The highest BCUT2D eigenvalue weighted by Crippen LogP contribution is 2.18. The van der Waals surface area contributed by atoms with Crippen molar-refractivity contribution in [3.63, 3.8) is 0 Å². The van der Waals surface area contributed by atoms with E-state index in [0.717, 1.165) is 43.0 Å². The molecule has 0 aromatic heterocycles. The number of piperidine rings is 1. The van der Waals surface area contributed by atoms with Crippen LogP contribution in [0.25, 0.3) is 0 Å². The van der Waals surface area contributed by atoms with Gasteiger partial charge in [0.1, 0.15) is 0 Å². The molecule has 0 N–H and O–H groups in total. The van der Waals surface area contributed by atoms with Crippen LogP contribution >= 0.6 is 11.6 Å². The molecule has 2 rings (SSSR count). The van der Waals surface area contributed by atoms with Crippen molar-refractivity contribution in [2.45, 2.75) is 25.6 Å².